The van der Waals surface area contributed by atoms with E-state index >= 15 is 0 Å². The second-order valence-corrected chi connectivity index (χ2v) is 6.89. The standard InChI is InChI=1S/C24H22O5/c1-27-21(25)15-28-18-13-11-17(12-14-18)22-19-9-5-6-10-20(19)29-24(26)23(22)16-7-3-2-4-8-16/h2-14,22-24,26H,15H2,1H3. The molecule has 29 heavy (non-hydrogen) atoms. The van der Waals surface area contributed by atoms with Gasteiger partial charge < -0.3 is 19.3 Å². The summed E-state index contributed by atoms with van der Waals surface area (Å²) in [5.74, 6) is 0.485. The second kappa shape index (κ2) is 8.37. The summed E-state index contributed by atoms with van der Waals surface area (Å²) in [6.45, 7) is -0.138. The maximum absolute atomic E-state index is 11.3. The van der Waals surface area contributed by atoms with Gasteiger partial charge in [-0.3, -0.25) is 0 Å². The molecule has 1 aliphatic heterocycles. The fourth-order valence-corrected chi connectivity index (χ4v) is 3.80. The summed E-state index contributed by atoms with van der Waals surface area (Å²) in [6.07, 6.45) is -0.965. The average molecular weight is 390 g/mol. The molecule has 3 unspecified atom stereocenters. The molecule has 3 aromatic carbocycles. The summed E-state index contributed by atoms with van der Waals surface area (Å²) in [6, 6.07) is 25.2. The summed E-state index contributed by atoms with van der Waals surface area (Å²) in [4.78, 5) is 11.3. The van der Waals surface area contributed by atoms with Gasteiger partial charge in [0.15, 0.2) is 6.61 Å². The van der Waals surface area contributed by atoms with E-state index in [2.05, 4.69) is 4.74 Å². The van der Waals surface area contributed by atoms with Crippen molar-refractivity contribution in [3.05, 3.63) is 95.6 Å². The van der Waals surface area contributed by atoms with E-state index < -0.39 is 12.3 Å². The fourth-order valence-electron chi connectivity index (χ4n) is 3.80. The number of esters is 1. The molecule has 0 radical (unpaired) electrons. The van der Waals surface area contributed by atoms with Crippen LogP contribution in [0.25, 0.3) is 0 Å². The minimum Gasteiger partial charge on any atom is -0.482 e. The van der Waals surface area contributed by atoms with Crippen LogP contribution in [0.5, 0.6) is 11.5 Å². The summed E-state index contributed by atoms with van der Waals surface area (Å²) in [5.41, 5.74) is 3.06. The lowest BCUT2D eigenvalue weighted by Gasteiger charge is -2.37. The maximum Gasteiger partial charge on any atom is 0.343 e. The van der Waals surface area contributed by atoms with Crippen molar-refractivity contribution < 1.29 is 24.1 Å². The Morgan fingerprint density at radius 2 is 1.62 bits per heavy atom. The van der Waals surface area contributed by atoms with E-state index in [-0.39, 0.29) is 18.4 Å². The van der Waals surface area contributed by atoms with Crippen LogP contribution in [0, 0.1) is 0 Å². The first-order chi connectivity index (χ1) is 14.2. The van der Waals surface area contributed by atoms with Gasteiger partial charge in [-0.1, -0.05) is 60.7 Å². The fraction of sp³-hybridized carbons (Fsp3) is 0.208. The number of aliphatic hydroxyl groups is 1. The number of fused-ring (bicyclic) bond motifs is 1. The first kappa shape index (κ1) is 19.0. The van der Waals surface area contributed by atoms with E-state index in [1.165, 1.54) is 7.11 Å². The van der Waals surface area contributed by atoms with Crippen LogP contribution < -0.4 is 9.47 Å². The van der Waals surface area contributed by atoms with Crippen LogP contribution in [-0.2, 0) is 9.53 Å². The van der Waals surface area contributed by atoms with Crippen molar-refractivity contribution >= 4 is 5.97 Å². The second-order valence-electron chi connectivity index (χ2n) is 6.89. The number of methoxy groups -OCH3 is 1. The van der Waals surface area contributed by atoms with Crippen molar-refractivity contribution in [2.75, 3.05) is 13.7 Å². The molecule has 0 saturated carbocycles. The van der Waals surface area contributed by atoms with Gasteiger partial charge in [-0.05, 0) is 29.3 Å². The number of para-hydroxylation sites is 1. The minimum atomic E-state index is -0.965. The van der Waals surface area contributed by atoms with Crippen molar-refractivity contribution in [3.63, 3.8) is 0 Å². The molecule has 0 saturated heterocycles. The zero-order valence-corrected chi connectivity index (χ0v) is 16.0. The lowest BCUT2D eigenvalue weighted by atomic mass is 9.75. The van der Waals surface area contributed by atoms with Gasteiger partial charge in [0.25, 0.3) is 0 Å². The number of ether oxygens (including phenoxy) is 3. The molecule has 0 spiro atoms. The molecule has 1 aliphatic rings. The van der Waals surface area contributed by atoms with E-state index in [1.54, 1.807) is 0 Å². The zero-order chi connectivity index (χ0) is 20.2. The molecule has 1 N–H and O–H groups in total. The Kier molecular flexibility index (Phi) is 5.49. The number of carbonyl (C=O) groups is 1. The van der Waals surface area contributed by atoms with Gasteiger partial charge in [0.1, 0.15) is 11.5 Å². The molecular formula is C24H22O5. The van der Waals surface area contributed by atoms with Gasteiger partial charge in [-0.2, -0.15) is 0 Å². The van der Waals surface area contributed by atoms with Gasteiger partial charge in [-0.15, -0.1) is 0 Å². The Morgan fingerprint density at radius 1 is 0.931 bits per heavy atom. The quantitative estimate of drug-likeness (QED) is 0.670. The van der Waals surface area contributed by atoms with Crippen LogP contribution in [0.4, 0.5) is 0 Å². The molecule has 5 heteroatoms. The average Bonchev–Trinajstić information content (AvgIpc) is 2.77. The monoisotopic (exact) mass is 390 g/mol. The largest absolute Gasteiger partial charge is 0.482 e. The van der Waals surface area contributed by atoms with Crippen LogP contribution in [0.2, 0.25) is 0 Å². The first-order valence-corrected chi connectivity index (χ1v) is 9.45. The lowest BCUT2D eigenvalue weighted by molar-refractivity contribution is -0.142. The maximum atomic E-state index is 11.3. The Hall–Kier alpha value is -3.31. The van der Waals surface area contributed by atoms with Gasteiger partial charge in [0, 0.05) is 11.5 Å². The molecule has 148 valence electrons. The number of carbonyl (C=O) groups excluding carboxylic acids is 1. The van der Waals surface area contributed by atoms with E-state index in [1.807, 2.05) is 78.9 Å². The van der Waals surface area contributed by atoms with Gasteiger partial charge in [-0.25, -0.2) is 4.79 Å². The van der Waals surface area contributed by atoms with Crippen LogP contribution >= 0.6 is 0 Å². The van der Waals surface area contributed by atoms with Crippen molar-refractivity contribution in [2.24, 2.45) is 0 Å². The van der Waals surface area contributed by atoms with Crippen molar-refractivity contribution in [1.29, 1.82) is 0 Å². The molecule has 3 aromatic rings. The molecule has 0 aromatic heterocycles. The number of aliphatic hydroxyl groups excluding tert-OH is 1. The Balaban J connectivity index is 1.70. The van der Waals surface area contributed by atoms with Crippen molar-refractivity contribution in [2.45, 2.75) is 18.1 Å². The highest BCUT2D eigenvalue weighted by atomic mass is 16.6. The highest BCUT2D eigenvalue weighted by molar-refractivity contribution is 5.70. The van der Waals surface area contributed by atoms with Crippen LogP contribution in [0.3, 0.4) is 0 Å². The zero-order valence-electron chi connectivity index (χ0n) is 16.0. The third kappa shape index (κ3) is 3.96. The highest BCUT2D eigenvalue weighted by Crippen LogP contribution is 2.48. The van der Waals surface area contributed by atoms with E-state index in [0.29, 0.717) is 11.5 Å². The molecule has 3 atom stereocenters. The predicted molar refractivity (Wildman–Crippen MR) is 108 cm³/mol. The highest BCUT2D eigenvalue weighted by Gasteiger charge is 2.39. The Morgan fingerprint density at radius 3 is 2.34 bits per heavy atom. The third-order valence-electron chi connectivity index (χ3n) is 5.18. The predicted octanol–water partition coefficient (Wildman–Crippen LogP) is 3.86. The Bertz CT molecular complexity index is 968. The smallest absolute Gasteiger partial charge is 0.343 e. The molecule has 0 fully saturated rings. The van der Waals surface area contributed by atoms with Crippen molar-refractivity contribution in [1.82, 2.24) is 0 Å². The van der Waals surface area contributed by atoms with Crippen LogP contribution in [0.1, 0.15) is 28.5 Å². The minimum absolute atomic E-state index is 0.0907. The lowest BCUT2D eigenvalue weighted by Crippen LogP contribution is -2.34. The molecule has 5 nitrogen and oxygen atoms in total. The summed E-state index contributed by atoms with van der Waals surface area (Å²) >= 11 is 0. The summed E-state index contributed by atoms with van der Waals surface area (Å²) in [7, 11) is 1.33. The number of rotatable bonds is 5. The van der Waals surface area contributed by atoms with Crippen LogP contribution in [-0.4, -0.2) is 31.1 Å². The third-order valence-corrected chi connectivity index (χ3v) is 5.18. The molecule has 1 heterocycles. The summed E-state index contributed by atoms with van der Waals surface area (Å²) in [5, 5.41) is 10.8. The van der Waals surface area contributed by atoms with Gasteiger partial charge >= 0.3 is 5.97 Å². The van der Waals surface area contributed by atoms with Crippen molar-refractivity contribution in [3.8, 4) is 11.5 Å². The molecule has 0 bridgehead atoms. The normalized spacial score (nSPS) is 20.3. The van der Waals surface area contributed by atoms with Gasteiger partial charge in [0.2, 0.25) is 6.29 Å². The molecular weight excluding hydrogens is 368 g/mol. The van der Waals surface area contributed by atoms with E-state index in [4.69, 9.17) is 9.47 Å². The number of benzene rings is 3. The topological polar surface area (TPSA) is 65.0 Å². The van der Waals surface area contributed by atoms with E-state index in [9.17, 15) is 9.90 Å². The number of hydrogen-bond donors (Lipinski definition) is 1. The molecule has 0 aliphatic carbocycles. The SMILES string of the molecule is COC(=O)COc1ccc(C2c3ccccc3OC(O)C2c2ccccc2)cc1. The van der Waals surface area contributed by atoms with E-state index in [0.717, 1.165) is 16.7 Å². The Labute approximate surface area is 169 Å². The van der Waals surface area contributed by atoms with Crippen LogP contribution in [0.15, 0.2) is 78.9 Å². The first-order valence-electron chi connectivity index (χ1n) is 9.45. The molecule has 4 rings (SSSR count). The summed E-state index contributed by atoms with van der Waals surface area (Å²) < 4.78 is 15.9. The number of hydrogen-bond acceptors (Lipinski definition) is 5. The molecule has 0 amide bonds. The van der Waals surface area contributed by atoms with Gasteiger partial charge in [0.05, 0.1) is 13.0 Å².